The van der Waals surface area contributed by atoms with E-state index in [0.29, 0.717) is 5.46 Å². The number of aryl methyl sites for hydroxylation is 1. The van der Waals surface area contributed by atoms with E-state index < -0.39 is 18.3 Å². The second kappa shape index (κ2) is 4.92. The molecule has 0 radical (unpaired) electrons. The van der Waals surface area contributed by atoms with Gasteiger partial charge in [-0.2, -0.15) is 0 Å². The Hall–Kier alpha value is -1.30. The maximum atomic E-state index is 10.2. The highest BCUT2D eigenvalue weighted by Gasteiger charge is 2.39. The van der Waals surface area contributed by atoms with E-state index >= 15 is 0 Å². The number of aromatic amines is 1. The second-order valence-corrected chi connectivity index (χ2v) is 6.34. The Bertz CT molecular complexity index is 613. The Morgan fingerprint density at radius 1 is 1.15 bits per heavy atom. The van der Waals surface area contributed by atoms with Crippen LogP contribution in [0.4, 0.5) is 0 Å². The number of nitrogens with one attached hydrogen (secondary N) is 1. The molecule has 0 unspecified atom stereocenters. The van der Waals surface area contributed by atoms with Crippen molar-refractivity contribution in [1.82, 2.24) is 4.98 Å². The third kappa shape index (κ3) is 2.90. The predicted molar refractivity (Wildman–Crippen MR) is 82.1 cm³/mol. The van der Waals surface area contributed by atoms with E-state index in [-0.39, 0.29) is 0 Å². The van der Waals surface area contributed by atoms with Crippen LogP contribution in [0.25, 0.3) is 10.9 Å². The van der Waals surface area contributed by atoms with Gasteiger partial charge in [0.1, 0.15) is 0 Å². The molecular formula is C15H22BNO3. The molecule has 2 aromatic rings. The lowest BCUT2D eigenvalue weighted by Crippen LogP contribution is -2.53. The van der Waals surface area contributed by atoms with Crippen LogP contribution in [0.3, 0.4) is 0 Å². The van der Waals surface area contributed by atoms with Crippen LogP contribution in [0, 0.1) is 6.92 Å². The predicted octanol–water partition coefficient (Wildman–Crippen LogP) is 1.73. The molecule has 108 valence electrons. The molecule has 0 spiro atoms. The van der Waals surface area contributed by atoms with Gasteiger partial charge < -0.3 is 19.8 Å². The molecule has 20 heavy (non-hydrogen) atoms. The number of H-pyrrole nitrogens is 1. The van der Waals surface area contributed by atoms with Gasteiger partial charge in [-0.1, -0.05) is 12.1 Å². The molecule has 0 atom stereocenters. The smallest absolute Gasteiger partial charge is 0.423 e. The summed E-state index contributed by atoms with van der Waals surface area (Å²) in [5, 5.41) is 21.3. The summed E-state index contributed by atoms with van der Waals surface area (Å²) in [4.78, 5) is 3.23. The van der Waals surface area contributed by atoms with Crippen LogP contribution in [0.15, 0.2) is 24.3 Å². The maximum absolute atomic E-state index is 10.2. The van der Waals surface area contributed by atoms with Gasteiger partial charge in [-0.3, -0.25) is 0 Å². The van der Waals surface area contributed by atoms with Crippen LogP contribution in [0.2, 0.25) is 0 Å². The van der Waals surface area contributed by atoms with Gasteiger partial charge in [-0.05, 0) is 57.6 Å². The van der Waals surface area contributed by atoms with Crippen LogP contribution in [0.1, 0.15) is 33.4 Å². The zero-order valence-corrected chi connectivity index (χ0v) is 12.7. The molecule has 0 aliphatic heterocycles. The van der Waals surface area contributed by atoms with Gasteiger partial charge in [0.05, 0.1) is 11.2 Å². The first-order chi connectivity index (χ1) is 9.10. The summed E-state index contributed by atoms with van der Waals surface area (Å²) in [6, 6.07) is 7.65. The fraction of sp³-hybridized carbons (Fsp3) is 0.467. The number of benzene rings is 1. The van der Waals surface area contributed by atoms with Gasteiger partial charge in [0, 0.05) is 11.2 Å². The fourth-order valence-electron chi connectivity index (χ4n) is 1.94. The quantitative estimate of drug-likeness (QED) is 0.744. The largest absolute Gasteiger partial charge is 0.491 e. The van der Waals surface area contributed by atoms with Crippen molar-refractivity contribution in [2.75, 3.05) is 0 Å². The highest BCUT2D eigenvalue weighted by atomic mass is 16.5. The Morgan fingerprint density at radius 2 is 1.80 bits per heavy atom. The van der Waals surface area contributed by atoms with Gasteiger partial charge >= 0.3 is 7.12 Å². The molecule has 1 aromatic carbocycles. The van der Waals surface area contributed by atoms with Crippen molar-refractivity contribution >= 4 is 23.5 Å². The SMILES string of the molecule is Cc1cc2cc(B(O)OC(C)(C)C(C)(C)O)ccc2[nH]1. The molecule has 0 amide bonds. The average molecular weight is 275 g/mol. The normalized spacial score (nSPS) is 12.9. The number of aromatic nitrogens is 1. The summed E-state index contributed by atoms with van der Waals surface area (Å²) < 4.78 is 5.64. The van der Waals surface area contributed by atoms with Gasteiger partial charge in [0.2, 0.25) is 0 Å². The Balaban J connectivity index is 2.25. The van der Waals surface area contributed by atoms with E-state index in [2.05, 4.69) is 4.98 Å². The van der Waals surface area contributed by atoms with Crippen LogP contribution < -0.4 is 5.46 Å². The molecule has 0 saturated heterocycles. The summed E-state index contributed by atoms with van der Waals surface area (Å²) in [7, 11) is -1.07. The van der Waals surface area contributed by atoms with Crippen LogP contribution >= 0.6 is 0 Å². The summed E-state index contributed by atoms with van der Waals surface area (Å²) >= 11 is 0. The van der Waals surface area contributed by atoms with Crippen molar-refractivity contribution in [1.29, 1.82) is 0 Å². The monoisotopic (exact) mass is 275 g/mol. The fourth-order valence-corrected chi connectivity index (χ4v) is 1.94. The average Bonchev–Trinajstić information content (AvgIpc) is 2.65. The minimum atomic E-state index is -1.07. The van der Waals surface area contributed by atoms with Crippen molar-refractivity contribution in [3.8, 4) is 0 Å². The van der Waals surface area contributed by atoms with Gasteiger partial charge in [-0.25, -0.2) is 0 Å². The van der Waals surface area contributed by atoms with Gasteiger partial charge in [0.15, 0.2) is 0 Å². The molecule has 5 heteroatoms. The van der Waals surface area contributed by atoms with Crippen molar-refractivity contribution in [3.05, 3.63) is 30.0 Å². The molecule has 0 bridgehead atoms. The Morgan fingerprint density at radius 3 is 2.40 bits per heavy atom. The van der Waals surface area contributed by atoms with E-state index in [9.17, 15) is 10.1 Å². The van der Waals surface area contributed by atoms with Gasteiger partial charge in [0.25, 0.3) is 0 Å². The molecule has 3 N–H and O–H groups in total. The molecule has 0 aliphatic carbocycles. The number of fused-ring (bicyclic) bond motifs is 1. The zero-order valence-electron chi connectivity index (χ0n) is 12.7. The highest BCUT2D eigenvalue weighted by molar-refractivity contribution is 6.60. The number of rotatable bonds is 4. The first-order valence-electron chi connectivity index (χ1n) is 6.78. The minimum absolute atomic E-state index is 0.675. The second-order valence-electron chi connectivity index (χ2n) is 6.34. The van der Waals surface area contributed by atoms with E-state index in [1.807, 2.05) is 31.2 Å². The first kappa shape index (κ1) is 15.1. The van der Waals surface area contributed by atoms with Crippen LogP contribution in [-0.4, -0.2) is 33.4 Å². The van der Waals surface area contributed by atoms with Gasteiger partial charge in [-0.15, -0.1) is 0 Å². The van der Waals surface area contributed by atoms with E-state index in [4.69, 9.17) is 4.65 Å². The van der Waals surface area contributed by atoms with Crippen molar-refractivity contribution in [2.45, 2.75) is 45.8 Å². The maximum Gasteiger partial charge on any atom is 0.491 e. The summed E-state index contributed by atoms with van der Waals surface area (Å²) in [6.07, 6.45) is 0. The highest BCUT2D eigenvalue weighted by Crippen LogP contribution is 2.25. The third-order valence-electron chi connectivity index (χ3n) is 3.94. The molecule has 0 saturated carbocycles. The number of hydrogen-bond donors (Lipinski definition) is 3. The van der Waals surface area contributed by atoms with E-state index in [1.54, 1.807) is 27.7 Å². The number of hydrogen-bond acceptors (Lipinski definition) is 3. The molecule has 1 heterocycles. The lowest BCUT2D eigenvalue weighted by Gasteiger charge is -2.38. The lowest BCUT2D eigenvalue weighted by molar-refractivity contribution is -0.0982. The molecule has 0 aliphatic rings. The van der Waals surface area contributed by atoms with Crippen LogP contribution in [-0.2, 0) is 4.65 Å². The molecule has 2 rings (SSSR count). The Kier molecular flexibility index (Phi) is 3.71. The van der Waals surface area contributed by atoms with E-state index in [0.717, 1.165) is 16.6 Å². The molecule has 4 nitrogen and oxygen atoms in total. The van der Waals surface area contributed by atoms with E-state index in [1.165, 1.54) is 0 Å². The summed E-state index contributed by atoms with van der Waals surface area (Å²) in [5.41, 5.74) is 0.858. The van der Waals surface area contributed by atoms with Crippen LogP contribution in [0.5, 0.6) is 0 Å². The van der Waals surface area contributed by atoms with Crippen molar-refractivity contribution < 1.29 is 14.8 Å². The standard InChI is InChI=1S/C15H22BNO3/c1-10-8-11-9-12(6-7-13(11)17-10)16(19)20-15(4,5)14(2,3)18/h6-9,17-19H,1-5H3. The summed E-state index contributed by atoms with van der Waals surface area (Å²) in [5.74, 6) is 0. The van der Waals surface area contributed by atoms with Crippen molar-refractivity contribution in [2.24, 2.45) is 0 Å². The molecule has 1 aromatic heterocycles. The summed E-state index contributed by atoms with van der Waals surface area (Å²) in [6.45, 7) is 8.84. The molecule has 0 fully saturated rings. The number of aliphatic hydroxyl groups is 1. The first-order valence-corrected chi connectivity index (χ1v) is 6.78. The topological polar surface area (TPSA) is 65.5 Å². The Labute approximate surface area is 119 Å². The minimum Gasteiger partial charge on any atom is -0.423 e. The lowest BCUT2D eigenvalue weighted by atomic mass is 9.76. The zero-order chi connectivity index (χ0) is 15.1. The van der Waals surface area contributed by atoms with Crippen molar-refractivity contribution in [3.63, 3.8) is 0 Å². The molecular weight excluding hydrogens is 253 g/mol. The third-order valence-corrected chi connectivity index (χ3v) is 3.94.